The summed E-state index contributed by atoms with van der Waals surface area (Å²) in [5, 5.41) is 13.2. The van der Waals surface area contributed by atoms with Crippen LogP contribution in [0.4, 0.5) is 5.69 Å². The quantitative estimate of drug-likeness (QED) is 0.432. The molecule has 4 rings (SSSR count). The Labute approximate surface area is 192 Å². The predicted octanol–water partition coefficient (Wildman–Crippen LogP) is 4.26. The highest BCUT2D eigenvalue weighted by molar-refractivity contribution is 6.05. The third-order valence-corrected chi connectivity index (χ3v) is 6.01. The smallest absolute Gasteiger partial charge is 0.360 e. The average Bonchev–Trinajstić information content (AvgIpc) is 2.80. The minimum absolute atomic E-state index is 0.0502. The van der Waals surface area contributed by atoms with E-state index in [9.17, 15) is 14.7 Å². The molecule has 0 unspecified atom stereocenters. The number of likely N-dealkylation sites (tertiary alicyclic amines) is 1. The number of aromatic hydroxyl groups is 1. The number of benzene rings is 2. The second-order valence-corrected chi connectivity index (χ2v) is 8.47. The number of hydrogen-bond donors (Lipinski definition) is 2. The van der Waals surface area contributed by atoms with Crippen LogP contribution in [0.25, 0.3) is 11.0 Å². The number of carbonyl (C=O) groups is 1. The molecule has 0 radical (unpaired) electrons. The van der Waals surface area contributed by atoms with Crippen molar-refractivity contribution in [2.75, 3.05) is 25.5 Å². The van der Waals surface area contributed by atoms with Gasteiger partial charge in [0.2, 0.25) is 0 Å². The number of ether oxygens (including phenoxy) is 1. The minimum atomic E-state index is -0.638. The van der Waals surface area contributed by atoms with Crippen LogP contribution in [-0.4, -0.2) is 42.2 Å². The van der Waals surface area contributed by atoms with E-state index in [0.29, 0.717) is 34.3 Å². The molecule has 0 bridgehead atoms. The van der Waals surface area contributed by atoms with E-state index in [-0.39, 0.29) is 17.5 Å². The van der Waals surface area contributed by atoms with Gasteiger partial charge >= 0.3 is 5.63 Å². The van der Waals surface area contributed by atoms with Gasteiger partial charge in [-0.05, 0) is 75.2 Å². The molecule has 0 aliphatic carbocycles. The van der Waals surface area contributed by atoms with Crippen molar-refractivity contribution in [2.24, 2.45) is 0 Å². The van der Waals surface area contributed by atoms with E-state index in [2.05, 4.69) is 23.8 Å². The van der Waals surface area contributed by atoms with Crippen molar-refractivity contribution in [1.82, 2.24) is 4.90 Å². The van der Waals surface area contributed by atoms with Crippen LogP contribution in [0.5, 0.6) is 11.5 Å². The SMILES string of the molecule is C=CCc1cc(C(=O)Nc2cc3ccc(OC4CCN(C)CC4)c(C)c3oc2=O)ccc1O. The van der Waals surface area contributed by atoms with Gasteiger partial charge in [-0.1, -0.05) is 6.08 Å². The first-order chi connectivity index (χ1) is 15.9. The summed E-state index contributed by atoms with van der Waals surface area (Å²) >= 11 is 0. The lowest BCUT2D eigenvalue weighted by Crippen LogP contribution is -2.35. The number of amides is 1. The standard InChI is InChI=1S/C26H28N2O5/c1-4-5-17-14-19(6-8-22(17)29)25(30)27-21-15-18-7-9-23(16(2)24(18)33-26(21)31)32-20-10-12-28(3)13-11-20/h4,6-9,14-15,20,29H,1,5,10-13H2,2-3H3,(H,27,30). The molecule has 0 atom stereocenters. The molecule has 7 nitrogen and oxygen atoms in total. The van der Waals surface area contributed by atoms with Gasteiger partial charge in [0.1, 0.15) is 28.9 Å². The zero-order valence-corrected chi connectivity index (χ0v) is 18.9. The van der Waals surface area contributed by atoms with Crippen molar-refractivity contribution in [3.63, 3.8) is 0 Å². The number of allylic oxidation sites excluding steroid dienone is 1. The molecule has 1 aromatic heterocycles. The number of phenols is 1. The summed E-state index contributed by atoms with van der Waals surface area (Å²) in [7, 11) is 2.10. The number of phenolic OH excluding ortho intramolecular Hbond substituents is 1. The molecule has 1 fully saturated rings. The number of piperidine rings is 1. The molecule has 2 aromatic carbocycles. The second kappa shape index (κ2) is 9.50. The van der Waals surface area contributed by atoms with Gasteiger partial charge in [-0.2, -0.15) is 0 Å². The first kappa shape index (κ1) is 22.6. The molecule has 2 heterocycles. The Morgan fingerprint density at radius 1 is 1.27 bits per heavy atom. The summed E-state index contributed by atoms with van der Waals surface area (Å²) in [6.07, 6.45) is 4.11. The third kappa shape index (κ3) is 4.93. The number of rotatable bonds is 6. The average molecular weight is 449 g/mol. The number of carbonyl (C=O) groups excluding carboxylic acids is 1. The van der Waals surface area contributed by atoms with Crippen LogP contribution in [0.15, 0.2) is 58.3 Å². The van der Waals surface area contributed by atoms with Crippen molar-refractivity contribution in [3.8, 4) is 11.5 Å². The second-order valence-electron chi connectivity index (χ2n) is 8.47. The Hall–Kier alpha value is -3.58. The lowest BCUT2D eigenvalue weighted by atomic mass is 10.1. The van der Waals surface area contributed by atoms with Crippen molar-refractivity contribution < 1.29 is 19.1 Å². The zero-order valence-electron chi connectivity index (χ0n) is 18.9. The molecular weight excluding hydrogens is 420 g/mol. The third-order valence-electron chi connectivity index (χ3n) is 6.01. The summed E-state index contributed by atoms with van der Waals surface area (Å²) in [5.74, 6) is 0.326. The van der Waals surface area contributed by atoms with Gasteiger partial charge in [0.25, 0.3) is 5.91 Å². The topological polar surface area (TPSA) is 92.0 Å². The van der Waals surface area contributed by atoms with Gasteiger partial charge in [0, 0.05) is 29.6 Å². The van der Waals surface area contributed by atoms with Crippen LogP contribution in [0.1, 0.15) is 34.3 Å². The van der Waals surface area contributed by atoms with Gasteiger partial charge in [-0.15, -0.1) is 6.58 Å². The predicted molar refractivity (Wildman–Crippen MR) is 128 cm³/mol. The fourth-order valence-corrected chi connectivity index (χ4v) is 4.04. The summed E-state index contributed by atoms with van der Waals surface area (Å²) in [4.78, 5) is 27.6. The van der Waals surface area contributed by atoms with Crippen LogP contribution in [0.3, 0.4) is 0 Å². The molecule has 0 saturated carbocycles. The highest BCUT2D eigenvalue weighted by Crippen LogP contribution is 2.30. The lowest BCUT2D eigenvalue weighted by Gasteiger charge is -2.29. The zero-order chi connectivity index (χ0) is 23.5. The van der Waals surface area contributed by atoms with Gasteiger partial charge in [0.15, 0.2) is 0 Å². The molecule has 0 spiro atoms. The van der Waals surface area contributed by atoms with Crippen molar-refractivity contribution in [3.05, 3.63) is 76.2 Å². The van der Waals surface area contributed by atoms with Crippen LogP contribution >= 0.6 is 0 Å². The number of anilines is 1. The lowest BCUT2D eigenvalue weighted by molar-refractivity contribution is 0.102. The highest BCUT2D eigenvalue weighted by atomic mass is 16.5. The van der Waals surface area contributed by atoms with E-state index < -0.39 is 11.5 Å². The normalized spacial score (nSPS) is 14.8. The van der Waals surface area contributed by atoms with Crippen LogP contribution in [-0.2, 0) is 6.42 Å². The summed E-state index contributed by atoms with van der Waals surface area (Å²) < 4.78 is 11.8. The Kier molecular flexibility index (Phi) is 6.51. The molecular formula is C26H28N2O5. The molecule has 33 heavy (non-hydrogen) atoms. The minimum Gasteiger partial charge on any atom is -0.508 e. The monoisotopic (exact) mass is 448 g/mol. The van der Waals surface area contributed by atoms with Crippen LogP contribution in [0, 0.1) is 6.92 Å². The van der Waals surface area contributed by atoms with Gasteiger partial charge in [-0.25, -0.2) is 4.79 Å². The Balaban J connectivity index is 1.57. The summed E-state index contributed by atoms with van der Waals surface area (Å²) in [6, 6.07) is 9.84. The van der Waals surface area contributed by atoms with Crippen LogP contribution in [0.2, 0.25) is 0 Å². The van der Waals surface area contributed by atoms with Crippen molar-refractivity contribution in [1.29, 1.82) is 0 Å². The van der Waals surface area contributed by atoms with Crippen molar-refractivity contribution >= 4 is 22.6 Å². The Morgan fingerprint density at radius 3 is 2.76 bits per heavy atom. The number of nitrogens with one attached hydrogen (secondary N) is 1. The number of nitrogens with zero attached hydrogens (tertiary/aromatic N) is 1. The molecule has 1 aliphatic heterocycles. The van der Waals surface area contributed by atoms with Gasteiger partial charge in [0.05, 0.1) is 0 Å². The largest absolute Gasteiger partial charge is 0.508 e. The van der Waals surface area contributed by atoms with Crippen molar-refractivity contribution in [2.45, 2.75) is 32.3 Å². The van der Waals surface area contributed by atoms with Crippen LogP contribution < -0.4 is 15.7 Å². The number of aryl methyl sites for hydroxylation is 1. The molecule has 1 aliphatic rings. The number of hydrogen-bond acceptors (Lipinski definition) is 6. The maximum atomic E-state index is 12.7. The summed E-state index contributed by atoms with van der Waals surface area (Å²) in [5.41, 5.74) is 1.52. The highest BCUT2D eigenvalue weighted by Gasteiger charge is 2.20. The van der Waals surface area contributed by atoms with E-state index in [0.717, 1.165) is 31.5 Å². The summed E-state index contributed by atoms with van der Waals surface area (Å²) in [6.45, 7) is 7.50. The Morgan fingerprint density at radius 2 is 2.03 bits per heavy atom. The number of fused-ring (bicyclic) bond motifs is 1. The fraction of sp³-hybridized carbons (Fsp3) is 0.308. The maximum absolute atomic E-state index is 12.7. The van der Waals surface area contributed by atoms with E-state index in [1.54, 1.807) is 18.2 Å². The fourth-order valence-electron chi connectivity index (χ4n) is 4.04. The van der Waals surface area contributed by atoms with Gasteiger partial charge < -0.3 is 24.5 Å². The van der Waals surface area contributed by atoms with E-state index in [4.69, 9.17) is 9.15 Å². The Bertz CT molecular complexity index is 1260. The maximum Gasteiger partial charge on any atom is 0.360 e. The van der Waals surface area contributed by atoms with E-state index in [1.807, 2.05) is 19.1 Å². The first-order valence-corrected chi connectivity index (χ1v) is 11.0. The van der Waals surface area contributed by atoms with E-state index in [1.165, 1.54) is 12.1 Å². The molecule has 1 amide bonds. The van der Waals surface area contributed by atoms with E-state index >= 15 is 0 Å². The van der Waals surface area contributed by atoms with Gasteiger partial charge in [-0.3, -0.25) is 4.79 Å². The molecule has 1 saturated heterocycles. The molecule has 3 aromatic rings. The molecule has 2 N–H and O–H groups in total. The molecule has 172 valence electrons. The first-order valence-electron chi connectivity index (χ1n) is 11.0. The molecule has 7 heteroatoms.